The third-order valence-electron chi connectivity index (χ3n) is 2.61. The molecule has 0 amide bonds. The molecule has 1 N–H and O–H groups in total. The van der Waals surface area contributed by atoms with Crippen LogP contribution >= 0.6 is 50.5 Å². The van der Waals surface area contributed by atoms with Crippen LogP contribution in [0.15, 0.2) is 39.3 Å². The maximum absolute atomic E-state index is 12.5. The normalized spacial score (nSPS) is 12.0. The number of anilines is 1. The fraction of sp³-hybridized carbons (Fsp3) is 0. The van der Waals surface area contributed by atoms with E-state index in [-0.39, 0.29) is 10.2 Å². The third kappa shape index (κ3) is 2.78. The lowest BCUT2D eigenvalue weighted by Gasteiger charge is -2.09. The molecule has 0 spiro atoms. The van der Waals surface area contributed by atoms with Crippen LogP contribution in [0.4, 0.5) is 5.69 Å². The van der Waals surface area contributed by atoms with E-state index in [1.165, 1.54) is 15.7 Å². The maximum atomic E-state index is 12.5. The Morgan fingerprint density at radius 3 is 2.81 bits per heavy atom. The number of imidazole rings is 1. The maximum Gasteiger partial charge on any atom is 0.281 e. The molecule has 10 heteroatoms. The molecule has 0 radical (unpaired) electrons. The van der Waals surface area contributed by atoms with Crippen LogP contribution in [0.1, 0.15) is 0 Å². The zero-order valence-electron chi connectivity index (χ0n) is 10.0. The van der Waals surface area contributed by atoms with E-state index in [1.54, 1.807) is 29.8 Å². The predicted molar refractivity (Wildman–Crippen MR) is 88.0 cm³/mol. The SMILES string of the molecule is O=S(=O)(Nc1ccc(Cl)cc1Br)c1c(Cl)nc2sccn12. The van der Waals surface area contributed by atoms with Crippen molar-refractivity contribution in [1.29, 1.82) is 0 Å². The van der Waals surface area contributed by atoms with Gasteiger partial charge in [-0.2, -0.15) is 8.42 Å². The lowest BCUT2D eigenvalue weighted by Crippen LogP contribution is -2.15. The van der Waals surface area contributed by atoms with E-state index in [2.05, 4.69) is 25.6 Å². The first-order valence-electron chi connectivity index (χ1n) is 5.47. The van der Waals surface area contributed by atoms with Gasteiger partial charge < -0.3 is 0 Å². The molecule has 0 aliphatic rings. The van der Waals surface area contributed by atoms with Gasteiger partial charge in [-0.05, 0) is 34.1 Å². The van der Waals surface area contributed by atoms with Crippen molar-refractivity contribution in [3.8, 4) is 0 Å². The van der Waals surface area contributed by atoms with Gasteiger partial charge in [-0.3, -0.25) is 9.12 Å². The Morgan fingerprint density at radius 1 is 1.33 bits per heavy atom. The van der Waals surface area contributed by atoms with Gasteiger partial charge in [-0.25, -0.2) is 4.98 Å². The van der Waals surface area contributed by atoms with Crippen LogP contribution in [0.3, 0.4) is 0 Å². The number of hydrogen-bond donors (Lipinski definition) is 1. The number of rotatable bonds is 3. The van der Waals surface area contributed by atoms with E-state index in [4.69, 9.17) is 23.2 Å². The van der Waals surface area contributed by atoms with Crippen LogP contribution in [0.2, 0.25) is 10.2 Å². The monoisotopic (exact) mass is 425 g/mol. The summed E-state index contributed by atoms with van der Waals surface area (Å²) in [6.07, 6.45) is 1.60. The highest BCUT2D eigenvalue weighted by Gasteiger charge is 2.25. The first-order valence-corrected chi connectivity index (χ1v) is 9.38. The average molecular weight is 427 g/mol. The minimum absolute atomic E-state index is 0.0700. The van der Waals surface area contributed by atoms with Gasteiger partial charge in [-0.1, -0.05) is 23.2 Å². The van der Waals surface area contributed by atoms with Crippen molar-refractivity contribution >= 4 is 71.1 Å². The van der Waals surface area contributed by atoms with Crippen molar-refractivity contribution in [1.82, 2.24) is 9.38 Å². The molecule has 0 bridgehead atoms. The molecule has 1 aromatic carbocycles. The summed E-state index contributed by atoms with van der Waals surface area (Å²) in [5, 5.41) is 2.06. The summed E-state index contributed by atoms with van der Waals surface area (Å²) in [6.45, 7) is 0. The summed E-state index contributed by atoms with van der Waals surface area (Å²) in [6, 6.07) is 4.74. The highest BCUT2D eigenvalue weighted by Crippen LogP contribution is 2.31. The van der Waals surface area contributed by atoms with Crippen LogP contribution in [-0.2, 0) is 10.0 Å². The quantitative estimate of drug-likeness (QED) is 0.680. The largest absolute Gasteiger partial charge is 0.281 e. The summed E-state index contributed by atoms with van der Waals surface area (Å²) in [5.41, 5.74) is 0.362. The molecular weight excluding hydrogens is 421 g/mol. The van der Waals surface area contributed by atoms with E-state index in [1.807, 2.05) is 0 Å². The second-order valence-electron chi connectivity index (χ2n) is 3.99. The first-order chi connectivity index (χ1) is 9.88. The zero-order chi connectivity index (χ0) is 15.2. The van der Waals surface area contributed by atoms with Crippen LogP contribution in [0.25, 0.3) is 4.96 Å². The lowest BCUT2D eigenvalue weighted by molar-refractivity contribution is 0.596. The molecule has 3 aromatic rings. The molecule has 5 nitrogen and oxygen atoms in total. The van der Waals surface area contributed by atoms with Gasteiger partial charge in [0.1, 0.15) is 0 Å². The number of benzene rings is 1. The third-order valence-corrected chi connectivity index (χ3v) is 6.02. The standard InChI is InChI=1S/C11H6BrCl2N3O2S2/c12-7-5-6(13)1-2-8(7)16-21(18,19)10-9(14)15-11-17(10)3-4-20-11/h1-5,16H. The summed E-state index contributed by atoms with van der Waals surface area (Å²) >= 11 is 16.3. The average Bonchev–Trinajstić information content (AvgIpc) is 2.91. The van der Waals surface area contributed by atoms with Crippen molar-refractivity contribution < 1.29 is 8.42 Å². The second kappa shape index (κ2) is 5.44. The minimum atomic E-state index is -3.88. The van der Waals surface area contributed by atoms with Gasteiger partial charge in [-0.15, -0.1) is 11.3 Å². The first kappa shape index (κ1) is 15.1. The van der Waals surface area contributed by atoms with Crippen LogP contribution < -0.4 is 4.72 Å². The smallest absolute Gasteiger partial charge is 0.278 e. The number of aromatic nitrogens is 2. The minimum Gasteiger partial charge on any atom is -0.278 e. The number of nitrogens with zero attached hydrogens (tertiary/aromatic N) is 2. The molecule has 0 atom stereocenters. The summed E-state index contributed by atoms with van der Waals surface area (Å²) in [5.74, 6) is 0. The van der Waals surface area contributed by atoms with Gasteiger partial charge >= 0.3 is 0 Å². The Morgan fingerprint density at radius 2 is 2.10 bits per heavy atom. The molecule has 21 heavy (non-hydrogen) atoms. The molecule has 0 saturated heterocycles. The Labute approximate surface area is 142 Å². The molecule has 110 valence electrons. The van der Waals surface area contributed by atoms with Crippen LogP contribution in [0, 0.1) is 0 Å². The van der Waals surface area contributed by atoms with E-state index < -0.39 is 10.0 Å². The van der Waals surface area contributed by atoms with Crippen molar-refractivity contribution in [2.24, 2.45) is 0 Å². The van der Waals surface area contributed by atoms with Crippen molar-refractivity contribution in [3.05, 3.63) is 44.4 Å². The summed E-state index contributed by atoms with van der Waals surface area (Å²) in [7, 11) is -3.88. The molecule has 2 aromatic heterocycles. The van der Waals surface area contributed by atoms with Crippen molar-refractivity contribution in [2.75, 3.05) is 4.72 Å². The lowest BCUT2D eigenvalue weighted by atomic mass is 10.3. The van der Waals surface area contributed by atoms with Gasteiger partial charge in [0.25, 0.3) is 10.0 Å². The van der Waals surface area contributed by atoms with Gasteiger partial charge in [0.2, 0.25) is 0 Å². The molecule has 3 rings (SSSR count). The van der Waals surface area contributed by atoms with Crippen LogP contribution in [-0.4, -0.2) is 17.8 Å². The fourth-order valence-corrected chi connectivity index (χ4v) is 5.19. The van der Waals surface area contributed by atoms with Crippen LogP contribution in [0.5, 0.6) is 0 Å². The molecular formula is C11H6BrCl2N3O2S2. The Kier molecular flexibility index (Phi) is 3.91. The summed E-state index contributed by atoms with van der Waals surface area (Å²) < 4.78 is 29.5. The number of thiazole rings is 1. The molecule has 0 saturated carbocycles. The van der Waals surface area contributed by atoms with E-state index in [0.29, 0.717) is 20.1 Å². The van der Waals surface area contributed by atoms with E-state index in [0.717, 1.165) is 0 Å². The van der Waals surface area contributed by atoms with E-state index >= 15 is 0 Å². The number of nitrogens with one attached hydrogen (secondary N) is 1. The predicted octanol–water partition coefficient (Wildman–Crippen LogP) is 4.27. The van der Waals surface area contributed by atoms with E-state index in [9.17, 15) is 8.42 Å². The van der Waals surface area contributed by atoms with Gasteiger partial charge in [0.05, 0.1) is 5.69 Å². The van der Waals surface area contributed by atoms with Gasteiger partial charge in [0.15, 0.2) is 15.1 Å². The topological polar surface area (TPSA) is 63.5 Å². The Bertz CT molecular complexity index is 936. The molecule has 0 aliphatic heterocycles. The second-order valence-corrected chi connectivity index (χ2v) is 8.11. The van der Waals surface area contributed by atoms with Crippen molar-refractivity contribution in [2.45, 2.75) is 5.03 Å². The number of hydrogen-bond acceptors (Lipinski definition) is 4. The Hall–Kier alpha value is -0.800. The van der Waals surface area contributed by atoms with Crippen molar-refractivity contribution in [3.63, 3.8) is 0 Å². The van der Waals surface area contributed by atoms with Gasteiger partial charge in [0, 0.05) is 21.1 Å². The number of fused-ring (bicyclic) bond motifs is 1. The molecule has 0 aliphatic carbocycles. The molecule has 0 fully saturated rings. The fourth-order valence-electron chi connectivity index (χ4n) is 1.74. The highest BCUT2D eigenvalue weighted by atomic mass is 79.9. The number of halogens is 3. The molecule has 2 heterocycles. The zero-order valence-corrected chi connectivity index (χ0v) is 14.8. The Balaban J connectivity index is 2.08. The number of sulfonamides is 1. The highest BCUT2D eigenvalue weighted by molar-refractivity contribution is 9.10. The summed E-state index contributed by atoms with van der Waals surface area (Å²) in [4.78, 5) is 4.52. The molecule has 0 unspecified atom stereocenters.